The largest absolute Gasteiger partial charge is 0.490 e. The first kappa shape index (κ1) is 35.7. The van der Waals surface area contributed by atoms with Gasteiger partial charge < -0.3 is 19.1 Å². The summed E-state index contributed by atoms with van der Waals surface area (Å²) in [5.74, 6) is -0.253. The maximum atomic E-state index is 15.1. The molecular formula is C38H46ClN5O6S. The van der Waals surface area contributed by atoms with Crippen LogP contribution in [-0.4, -0.2) is 70.9 Å². The van der Waals surface area contributed by atoms with Crippen molar-refractivity contribution in [2.45, 2.75) is 74.9 Å². The Morgan fingerprint density at radius 3 is 2.71 bits per heavy atom. The van der Waals surface area contributed by atoms with Crippen LogP contribution < -0.4 is 14.4 Å². The average Bonchev–Trinajstić information content (AvgIpc) is 3.34. The molecule has 13 heteroatoms. The summed E-state index contributed by atoms with van der Waals surface area (Å²) in [4.78, 5) is 29.9. The number of ether oxygens (including phenoxy) is 3. The molecule has 11 nitrogen and oxygen atoms in total. The summed E-state index contributed by atoms with van der Waals surface area (Å²) in [5.41, 5.74) is 2.27. The van der Waals surface area contributed by atoms with Gasteiger partial charge in [-0.25, -0.2) is 4.21 Å². The van der Waals surface area contributed by atoms with E-state index >= 15 is 4.21 Å². The van der Waals surface area contributed by atoms with E-state index in [2.05, 4.69) is 31.2 Å². The third-order valence-corrected chi connectivity index (χ3v) is 13.1. The van der Waals surface area contributed by atoms with Gasteiger partial charge in [0.2, 0.25) is 0 Å². The summed E-state index contributed by atoms with van der Waals surface area (Å²) in [5, 5.41) is 4.99. The molecule has 7 rings (SSSR count). The molecule has 1 spiro atoms. The average molecular weight is 736 g/mol. The quantitative estimate of drug-likeness (QED) is 0.327. The summed E-state index contributed by atoms with van der Waals surface area (Å²) >= 11 is 6.47. The Bertz CT molecular complexity index is 2000. The molecule has 2 amide bonds. The van der Waals surface area contributed by atoms with Crippen LogP contribution in [0.1, 0.15) is 66.8 Å². The first-order valence-corrected chi connectivity index (χ1v) is 19.5. The molecule has 1 fully saturated rings. The first-order valence-electron chi connectivity index (χ1n) is 17.6. The smallest absolute Gasteiger partial charge is 0.287 e. The van der Waals surface area contributed by atoms with E-state index in [0.717, 1.165) is 48.5 Å². The second-order valence-electron chi connectivity index (χ2n) is 14.8. The number of aromatic nitrogens is 2. The van der Waals surface area contributed by atoms with Gasteiger partial charge in [-0.3, -0.25) is 19.0 Å². The third kappa shape index (κ3) is 6.83. The predicted molar refractivity (Wildman–Crippen MR) is 196 cm³/mol. The molecule has 2 aliphatic carbocycles. The third-order valence-electron chi connectivity index (χ3n) is 11.1. The molecule has 1 aromatic heterocycles. The van der Waals surface area contributed by atoms with Crippen LogP contribution in [0.15, 0.2) is 63.9 Å². The van der Waals surface area contributed by atoms with Crippen molar-refractivity contribution in [1.29, 1.82) is 0 Å². The number of carbonyl (C=O) groups excluding carboxylic acids is 2. The molecule has 2 aromatic carbocycles. The number of anilines is 1. The number of methoxy groups -OCH3 is 1. The molecule has 2 bridgehead atoms. The van der Waals surface area contributed by atoms with E-state index in [9.17, 15) is 9.59 Å². The summed E-state index contributed by atoms with van der Waals surface area (Å²) in [6.07, 6.45) is 8.71. The molecule has 1 saturated carbocycles. The molecule has 2 aliphatic heterocycles. The lowest BCUT2D eigenvalue weighted by Crippen LogP contribution is -2.49. The van der Waals surface area contributed by atoms with Crippen molar-refractivity contribution in [3.8, 4) is 5.75 Å². The minimum absolute atomic E-state index is 0.0645. The standard InChI is InChI=1S/C38H46ClN5O6S/c1-24-18-31(40-43(24)4)35(45)41-51(47)28-12-15-34-32(20-28)44(22-38(23-49-34)16-6-8-25-19-27(39)11-14-30(25)38)21-26-10-13-29(26)33(48-5)9-7-17-50-37(2,3)36(46)42-51/h7,9,11-12,14-15,18-20,26,29,33H,6,8,10,13,16-17,21-23H2,1-5H3,(H,41,42,45,46,47)/t26-,29+,33-,38-,51?/m0/s1. The van der Waals surface area contributed by atoms with Crippen molar-refractivity contribution in [3.05, 3.63) is 82.2 Å². The minimum atomic E-state index is -3.90. The maximum Gasteiger partial charge on any atom is 0.287 e. The highest BCUT2D eigenvalue weighted by Crippen LogP contribution is 2.47. The van der Waals surface area contributed by atoms with E-state index in [-0.39, 0.29) is 34.6 Å². The Morgan fingerprint density at radius 2 is 1.98 bits per heavy atom. The van der Waals surface area contributed by atoms with Crippen LogP contribution in [-0.2, 0) is 43.1 Å². The number of rotatable bonds is 3. The molecule has 51 heavy (non-hydrogen) atoms. The highest BCUT2D eigenvalue weighted by atomic mass is 35.5. The Morgan fingerprint density at radius 1 is 1.16 bits per heavy atom. The number of aryl methyl sites for hydroxylation is 3. The van der Waals surface area contributed by atoms with E-state index in [1.165, 1.54) is 11.1 Å². The highest BCUT2D eigenvalue weighted by molar-refractivity contribution is 7.92. The summed E-state index contributed by atoms with van der Waals surface area (Å²) in [6, 6.07) is 12.9. The van der Waals surface area contributed by atoms with Crippen LogP contribution in [0.3, 0.4) is 0 Å². The number of benzene rings is 2. The van der Waals surface area contributed by atoms with Gasteiger partial charge in [-0.1, -0.05) is 29.8 Å². The van der Waals surface area contributed by atoms with Crippen molar-refractivity contribution in [1.82, 2.24) is 14.5 Å². The number of carbonyl (C=O) groups is 2. The Balaban J connectivity index is 1.37. The Kier molecular flexibility index (Phi) is 9.58. The molecule has 0 radical (unpaired) electrons. The molecule has 4 aliphatic rings. The van der Waals surface area contributed by atoms with Gasteiger partial charge in [-0.15, -0.1) is 4.36 Å². The van der Waals surface area contributed by atoms with Crippen molar-refractivity contribution in [2.75, 3.05) is 38.3 Å². The van der Waals surface area contributed by atoms with Gasteiger partial charge in [0.15, 0.2) is 15.6 Å². The summed E-state index contributed by atoms with van der Waals surface area (Å²) in [7, 11) is -0.452. The second kappa shape index (κ2) is 13.7. The molecule has 3 aromatic rings. The van der Waals surface area contributed by atoms with E-state index in [0.29, 0.717) is 31.4 Å². The van der Waals surface area contributed by atoms with Gasteiger partial charge in [0.05, 0.1) is 29.9 Å². The van der Waals surface area contributed by atoms with E-state index < -0.39 is 27.3 Å². The molecule has 5 atom stereocenters. The van der Waals surface area contributed by atoms with E-state index in [1.54, 1.807) is 57.0 Å². The number of fused-ring (bicyclic) bond motifs is 4. The molecule has 1 unspecified atom stereocenters. The van der Waals surface area contributed by atoms with Gasteiger partial charge in [0.25, 0.3) is 11.8 Å². The lowest BCUT2D eigenvalue weighted by Gasteiger charge is -2.46. The lowest BCUT2D eigenvalue weighted by molar-refractivity contribution is -0.137. The fourth-order valence-electron chi connectivity index (χ4n) is 7.92. The normalized spacial score (nSPS) is 28.8. The number of halogens is 1. The van der Waals surface area contributed by atoms with Crippen molar-refractivity contribution >= 4 is 39.0 Å². The Labute approximate surface area is 305 Å². The fourth-order valence-corrected chi connectivity index (χ4v) is 9.71. The Hall–Kier alpha value is -3.71. The van der Waals surface area contributed by atoms with Crippen LogP contribution in [0.5, 0.6) is 5.75 Å². The number of hydrogen-bond donors (Lipinski definition) is 1. The number of nitrogens with one attached hydrogen (secondary N) is 1. The van der Waals surface area contributed by atoms with Gasteiger partial charge in [0.1, 0.15) is 11.4 Å². The van der Waals surface area contributed by atoms with Gasteiger partial charge in [0, 0.05) is 43.4 Å². The van der Waals surface area contributed by atoms with Gasteiger partial charge in [-0.2, -0.15) is 5.10 Å². The van der Waals surface area contributed by atoms with Crippen LogP contribution in [0.25, 0.3) is 0 Å². The first-order chi connectivity index (χ1) is 24.3. The van der Waals surface area contributed by atoms with Crippen LogP contribution in [0.2, 0.25) is 5.02 Å². The zero-order chi connectivity index (χ0) is 36.1. The number of amides is 2. The zero-order valence-corrected chi connectivity index (χ0v) is 31.4. The molecule has 1 N–H and O–H groups in total. The SMILES string of the molecule is CO[C@H]1C=CCOC(C)(C)C(=O)N=S(=O)(NC(=O)c2cc(C)n(C)n2)c2ccc3c(c2)N(C[C@@H]2CC[C@H]21)C[C@@]1(CCCc2cc(Cl)ccc21)CO3. The van der Waals surface area contributed by atoms with Crippen LogP contribution in [0, 0.1) is 18.8 Å². The summed E-state index contributed by atoms with van der Waals surface area (Å²) in [6.45, 7) is 6.93. The summed E-state index contributed by atoms with van der Waals surface area (Å²) < 4.78 is 42.1. The monoisotopic (exact) mass is 735 g/mol. The molecule has 0 saturated heterocycles. The van der Waals surface area contributed by atoms with Crippen molar-refractivity contribution in [2.24, 2.45) is 23.2 Å². The number of nitrogens with zero attached hydrogens (tertiary/aromatic N) is 4. The molecular weight excluding hydrogens is 690 g/mol. The minimum Gasteiger partial charge on any atom is -0.490 e. The fraction of sp³-hybridized carbons (Fsp3) is 0.500. The lowest BCUT2D eigenvalue weighted by atomic mass is 9.68. The zero-order valence-electron chi connectivity index (χ0n) is 29.8. The van der Waals surface area contributed by atoms with Crippen LogP contribution in [0.4, 0.5) is 5.69 Å². The van der Waals surface area contributed by atoms with Gasteiger partial charge >= 0.3 is 0 Å². The topological polar surface area (TPSA) is 124 Å². The van der Waals surface area contributed by atoms with Gasteiger partial charge in [-0.05, 0) is 112 Å². The molecule has 272 valence electrons. The van der Waals surface area contributed by atoms with E-state index in [1.807, 2.05) is 25.1 Å². The second-order valence-corrected chi connectivity index (χ2v) is 17.2. The predicted octanol–water partition coefficient (Wildman–Crippen LogP) is 5.96. The van der Waals surface area contributed by atoms with Crippen LogP contribution >= 0.6 is 11.6 Å². The van der Waals surface area contributed by atoms with E-state index in [4.69, 9.17) is 25.8 Å². The van der Waals surface area contributed by atoms with Crippen molar-refractivity contribution in [3.63, 3.8) is 0 Å². The maximum absolute atomic E-state index is 15.1. The number of hydrogen-bond acceptors (Lipinski definition) is 8. The van der Waals surface area contributed by atoms with Crippen molar-refractivity contribution < 1.29 is 28.0 Å². The molecule has 3 heterocycles. The highest BCUT2D eigenvalue weighted by Gasteiger charge is 2.45.